The number of nitrogens with zero attached hydrogens (tertiary/aromatic N) is 1. The summed E-state index contributed by atoms with van der Waals surface area (Å²) in [5.41, 5.74) is 1.97. The van der Waals surface area contributed by atoms with Crippen LogP contribution < -0.4 is 10.1 Å². The van der Waals surface area contributed by atoms with Crippen LogP contribution in [0.4, 0.5) is 0 Å². The summed E-state index contributed by atoms with van der Waals surface area (Å²) in [7, 11) is 1.55. The van der Waals surface area contributed by atoms with Crippen molar-refractivity contribution in [2.75, 3.05) is 13.7 Å². The highest BCUT2D eigenvalue weighted by molar-refractivity contribution is 6.31. The van der Waals surface area contributed by atoms with E-state index in [2.05, 4.69) is 19.2 Å². The van der Waals surface area contributed by atoms with Crippen LogP contribution in [0.25, 0.3) is 0 Å². The third kappa shape index (κ3) is 5.73. The van der Waals surface area contributed by atoms with E-state index in [-0.39, 0.29) is 25.0 Å². The number of rotatable bonds is 8. The SMILES string of the molecule is CNC(=O)[C@H](C)N(Cc1ccccc1Cl)C(=O)COc1ccc(C(C)C)cc1. The Morgan fingerprint density at radius 3 is 2.29 bits per heavy atom. The zero-order valence-corrected chi connectivity index (χ0v) is 17.5. The minimum absolute atomic E-state index is 0.160. The number of amides is 2. The molecule has 0 bridgehead atoms. The smallest absolute Gasteiger partial charge is 0.261 e. The molecule has 6 heteroatoms. The third-order valence-corrected chi connectivity index (χ3v) is 4.99. The molecule has 0 unspecified atom stereocenters. The summed E-state index contributed by atoms with van der Waals surface area (Å²) in [5, 5.41) is 3.13. The molecule has 0 heterocycles. The van der Waals surface area contributed by atoms with E-state index in [0.717, 1.165) is 5.56 Å². The molecule has 0 aliphatic carbocycles. The van der Waals surface area contributed by atoms with Crippen molar-refractivity contribution in [1.29, 1.82) is 0 Å². The van der Waals surface area contributed by atoms with Crippen LogP contribution in [-0.2, 0) is 16.1 Å². The van der Waals surface area contributed by atoms with E-state index in [4.69, 9.17) is 16.3 Å². The lowest BCUT2D eigenvalue weighted by molar-refractivity contribution is -0.142. The first kappa shape index (κ1) is 21.8. The fraction of sp³-hybridized carbons (Fsp3) is 0.364. The summed E-state index contributed by atoms with van der Waals surface area (Å²) < 4.78 is 5.66. The van der Waals surface area contributed by atoms with Crippen LogP contribution in [0.15, 0.2) is 48.5 Å². The molecule has 0 fully saturated rings. The monoisotopic (exact) mass is 402 g/mol. The number of hydrogen-bond acceptors (Lipinski definition) is 3. The summed E-state index contributed by atoms with van der Waals surface area (Å²) in [4.78, 5) is 26.5. The molecule has 5 nitrogen and oxygen atoms in total. The van der Waals surface area contributed by atoms with Crippen LogP contribution in [0.2, 0.25) is 5.02 Å². The van der Waals surface area contributed by atoms with E-state index in [1.54, 1.807) is 20.0 Å². The molecule has 0 spiro atoms. The second kappa shape index (κ2) is 10.1. The molecule has 150 valence electrons. The maximum Gasteiger partial charge on any atom is 0.261 e. The predicted octanol–water partition coefficient (Wildman–Crippen LogP) is 4.01. The average Bonchev–Trinajstić information content (AvgIpc) is 2.70. The van der Waals surface area contributed by atoms with Gasteiger partial charge in [0.2, 0.25) is 5.91 Å². The largest absolute Gasteiger partial charge is 0.484 e. The Labute approximate surface area is 171 Å². The van der Waals surface area contributed by atoms with Crippen molar-refractivity contribution in [3.8, 4) is 5.75 Å². The van der Waals surface area contributed by atoms with E-state index in [0.29, 0.717) is 16.7 Å². The van der Waals surface area contributed by atoms with E-state index < -0.39 is 6.04 Å². The van der Waals surface area contributed by atoms with Gasteiger partial charge in [-0.2, -0.15) is 0 Å². The lowest BCUT2D eigenvalue weighted by Crippen LogP contribution is -2.48. The average molecular weight is 403 g/mol. The Morgan fingerprint density at radius 2 is 1.71 bits per heavy atom. The van der Waals surface area contributed by atoms with Gasteiger partial charge in [-0.3, -0.25) is 9.59 Å². The zero-order chi connectivity index (χ0) is 20.7. The molecule has 28 heavy (non-hydrogen) atoms. The highest BCUT2D eigenvalue weighted by Crippen LogP contribution is 2.20. The standard InChI is InChI=1S/C22H27ClN2O3/c1-15(2)17-9-11-19(12-10-17)28-14-21(26)25(16(3)22(27)24-4)13-18-7-5-6-8-20(18)23/h5-12,15-16H,13-14H2,1-4H3,(H,24,27)/t16-/m0/s1. The van der Waals surface area contributed by atoms with E-state index in [9.17, 15) is 9.59 Å². The molecule has 2 aromatic carbocycles. The molecular weight excluding hydrogens is 376 g/mol. The van der Waals surface area contributed by atoms with Gasteiger partial charge < -0.3 is 15.0 Å². The van der Waals surface area contributed by atoms with Crippen LogP contribution in [0, 0.1) is 0 Å². The Bertz CT molecular complexity index is 806. The summed E-state index contributed by atoms with van der Waals surface area (Å²) in [6, 6.07) is 14.3. The molecule has 0 aliphatic heterocycles. The molecule has 2 rings (SSSR count). The van der Waals surface area contributed by atoms with Gasteiger partial charge in [-0.05, 0) is 42.2 Å². The van der Waals surface area contributed by atoms with E-state index in [1.165, 1.54) is 10.5 Å². The van der Waals surface area contributed by atoms with E-state index in [1.807, 2.05) is 42.5 Å². The second-order valence-electron chi connectivity index (χ2n) is 6.92. The van der Waals surface area contributed by atoms with Gasteiger partial charge >= 0.3 is 0 Å². The molecule has 1 N–H and O–H groups in total. The van der Waals surface area contributed by atoms with Gasteiger partial charge in [0.25, 0.3) is 5.91 Å². The summed E-state index contributed by atoms with van der Waals surface area (Å²) >= 11 is 6.23. The molecule has 0 saturated carbocycles. The van der Waals surface area contributed by atoms with Gasteiger partial charge in [0.15, 0.2) is 6.61 Å². The topological polar surface area (TPSA) is 58.6 Å². The number of hydrogen-bond donors (Lipinski definition) is 1. The lowest BCUT2D eigenvalue weighted by atomic mass is 10.0. The number of carbonyl (C=O) groups excluding carboxylic acids is 2. The molecule has 2 amide bonds. The van der Waals surface area contributed by atoms with Gasteiger partial charge in [0.05, 0.1) is 0 Å². The third-order valence-electron chi connectivity index (χ3n) is 4.62. The van der Waals surface area contributed by atoms with Crippen molar-refractivity contribution >= 4 is 23.4 Å². The number of ether oxygens (including phenoxy) is 1. The molecular formula is C22H27ClN2O3. The molecule has 0 saturated heterocycles. The minimum atomic E-state index is -0.652. The summed E-state index contributed by atoms with van der Waals surface area (Å²) in [5.74, 6) is 0.504. The normalized spacial score (nSPS) is 11.8. The highest BCUT2D eigenvalue weighted by atomic mass is 35.5. The van der Waals surface area contributed by atoms with Gasteiger partial charge in [0, 0.05) is 18.6 Å². The second-order valence-corrected chi connectivity index (χ2v) is 7.32. The van der Waals surface area contributed by atoms with E-state index >= 15 is 0 Å². The van der Waals surface area contributed by atoms with Crippen molar-refractivity contribution in [2.24, 2.45) is 0 Å². The fourth-order valence-electron chi connectivity index (χ4n) is 2.78. The quantitative estimate of drug-likeness (QED) is 0.725. The zero-order valence-electron chi connectivity index (χ0n) is 16.7. The van der Waals surface area contributed by atoms with Gasteiger partial charge in [0.1, 0.15) is 11.8 Å². The van der Waals surface area contributed by atoms with Crippen LogP contribution in [0.1, 0.15) is 37.8 Å². The van der Waals surface area contributed by atoms with Crippen LogP contribution in [0.5, 0.6) is 5.75 Å². The van der Waals surface area contributed by atoms with Gasteiger partial charge in [-0.1, -0.05) is 55.8 Å². The minimum Gasteiger partial charge on any atom is -0.484 e. The van der Waals surface area contributed by atoms with Crippen molar-refractivity contribution < 1.29 is 14.3 Å². The summed E-state index contributed by atoms with van der Waals surface area (Å²) in [6.07, 6.45) is 0. The number of carbonyl (C=O) groups is 2. The molecule has 0 aromatic heterocycles. The maximum absolute atomic E-state index is 12.8. The highest BCUT2D eigenvalue weighted by Gasteiger charge is 2.26. The molecule has 1 atom stereocenters. The predicted molar refractivity (Wildman–Crippen MR) is 112 cm³/mol. The maximum atomic E-state index is 12.8. The van der Waals surface area contributed by atoms with Crippen LogP contribution in [-0.4, -0.2) is 36.4 Å². The Morgan fingerprint density at radius 1 is 1.07 bits per heavy atom. The Balaban J connectivity index is 2.11. The number of likely N-dealkylation sites (N-methyl/N-ethyl adjacent to an activating group) is 1. The van der Waals surface area contributed by atoms with Crippen molar-refractivity contribution in [3.05, 3.63) is 64.7 Å². The molecule has 2 aromatic rings. The molecule has 0 aliphatic rings. The first-order valence-corrected chi connectivity index (χ1v) is 9.68. The van der Waals surface area contributed by atoms with Crippen LogP contribution in [0.3, 0.4) is 0 Å². The number of benzene rings is 2. The fourth-order valence-corrected chi connectivity index (χ4v) is 2.97. The lowest BCUT2D eigenvalue weighted by Gasteiger charge is -2.28. The van der Waals surface area contributed by atoms with Crippen molar-refractivity contribution in [2.45, 2.75) is 39.3 Å². The summed E-state index contributed by atoms with van der Waals surface area (Å²) in [6.45, 7) is 5.98. The van der Waals surface area contributed by atoms with Gasteiger partial charge in [-0.15, -0.1) is 0 Å². The van der Waals surface area contributed by atoms with Crippen LogP contribution >= 0.6 is 11.6 Å². The first-order chi connectivity index (χ1) is 13.3. The Hall–Kier alpha value is -2.53. The first-order valence-electron chi connectivity index (χ1n) is 9.30. The number of halogens is 1. The number of nitrogens with one attached hydrogen (secondary N) is 1. The van der Waals surface area contributed by atoms with Gasteiger partial charge in [-0.25, -0.2) is 0 Å². The van der Waals surface area contributed by atoms with Crippen molar-refractivity contribution in [3.63, 3.8) is 0 Å². The molecule has 0 radical (unpaired) electrons. The van der Waals surface area contributed by atoms with Crippen molar-refractivity contribution in [1.82, 2.24) is 10.2 Å². The Kier molecular flexibility index (Phi) is 7.88.